The fourth-order valence-corrected chi connectivity index (χ4v) is 7.16. The number of hydrogen-bond donors (Lipinski definition) is 2. The van der Waals surface area contributed by atoms with Crippen LogP contribution in [-0.2, 0) is 9.09 Å². The molecule has 0 aliphatic heterocycles. The van der Waals surface area contributed by atoms with Crippen LogP contribution in [0.15, 0.2) is 0 Å². The minimum Gasteiger partial charge on any atom is -0.303 e. The molecule has 0 bridgehead atoms. The fourth-order valence-electron chi connectivity index (χ4n) is 6.79. The Morgan fingerprint density at radius 2 is 0.643 bits per heavy atom. The zero-order valence-corrected chi connectivity index (χ0v) is 29.9. The molecule has 2 N–H and O–H groups in total. The highest BCUT2D eigenvalue weighted by Gasteiger charge is 2.28. The van der Waals surface area contributed by atoms with Gasteiger partial charge in [0.25, 0.3) is 0 Å². The van der Waals surface area contributed by atoms with Crippen molar-refractivity contribution in [2.24, 2.45) is 5.41 Å². The van der Waals surface area contributed by atoms with Crippen molar-refractivity contribution in [2.45, 2.75) is 226 Å². The van der Waals surface area contributed by atoms with E-state index in [1.165, 1.54) is 186 Å². The molecule has 0 saturated heterocycles. The summed E-state index contributed by atoms with van der Waals surface area (Å²) < 4.78 is 15.4. The standard InChI is InChI=1S/C37H77O4P/c1-4-7-10-13-17-22-27-32-37(33-28-23-18-14-11-8-5-2,34-29-24-19-15-12-9-6-3)35-30-25-20-16-21-26-31-36-41-42(38,39)40/h4-36H2,1-3H3,(H2,38,39,40). The monoisotopic (exact) mass is 617 g/mol. The Morgan fingerprint density at radius 3 is 0.905 bits per heavy atom. The van der Waals surface area contributed by atoms with E-state index < -0.39 is 7.82 Å². The molecule has 0 heterocycles. The van der Waals surface area contributed by atoms with E-state index in [2.05, 4.69) is 25.3 Å². The third-order valence-corrected chi connectivity index (χ3v) is 10.1. The van der Waals surface area contributed by atoms with Gasteiger partial charge in [0.2, 0.25) is 0 Å². The van der Waals surface area contributed by atoms with Gasteiger partial charge in [0.15, 0.2) is 0 Å². The third kappa shape index (κ3) is 30.1. The number of unbranched alkanes of at least 4 members (excludes halogenated alkanes) is 24. The first-order chi connectivity index (χ1) is 20.4. The second-order valence-electron chi connectivity index (χ2n) is 13.7. The Bertz CT molecular complexity index is 531. The van der Waals surface area contributed by atoms with Gasteiger partial charge >= 0.3 is 7.82 Å². The van der Waals surface area contributed by atoms with Crippen LogP contribution in [-0.4, -0.2) is 16.4 Å². The van der Waals surface area contributed by atoms with Gasteiger partial charge in [-0.3, -0.25) is 4.52 Å². The molecule has 0 aromatic rings. The lowest BCUT2D eigenvalue weighted by atomic mass is 9.70. The zero-order chi connectivity index (χ0) is 31.0. The second-order valence-corrected chi connectivity index (χ2v) is 14.9. The predicted molar refractivity (Wildman–Crippen MR) is 185 cm³/mol. The number of phosphoric ester groups is 1. The molecule has 42 heavy (non-hydrogen) atoms. The average molecular weight is 617 g/mol. The maximum absolute atomic E-state index is 10.8. The summed E-state index contributed by atoms with van der Waals surface area (Å²) in [5, 5.41) is 0. The van der Waals surface area contributed by atoms with Crippen molar-refractivity contribution in [3.63, 3.8) is 0 Å². The van der Waals surface area contributed by atoms with E-state index in [0.29, 0.717) is 5.41 Å². The Balaban J connectivity index is 4.78. The molecule has 0 aliphatic rings. The van der Waals surface area contributed by atoms with E-state index in [1.54, 1.807) is 0 Å². The van der Waals surface area contributed by atoms with E-state index >= 15 is 0 Å². The van der Waals surface area contributed by atoms with Crippen LogP contribution in [0.4, 0.5) is 0 Å². The molecule has 0 aromatic carbocycles. The first kappa shape index (κ1) is 42.1. The molecule has 0 aliphatic carbocycles. The molecule has 0 rings (SSSR count). The quantitative estimate of drug-likeness (QED) is 0.0549. The zero-order valence-electron chi connectivity index (χ0n) is 29.0. The van der Waals surface area contributed by atoms with Crippen LogP contribution in [0.3, 0.4) is 0 Å². The lowest BCUT2D eigenvalue weighted by molar-refractivity contribution is 0.171. The summed E-state index contributed by atoms with van der Waals surface area (Å²) in [5.41, 5.74) is 0.579. The van der Waals surface area contributed by atoms with Crippen molar-refractivity contribution < 1.29 is 18.9 Å². The SMILES string of the molecule is CCCCCCCCCC(CCCCCCCCC)(CCCCCCCCC)CCCCCCCCCOP(=O)(O)O. The van der Waals surface area contributed by atoms with Crippen LogP contribution < -0.4 is 0 Å². The molecule has 0 radical (unpaired) electrons. The Kier molecular flexibility index (Phi) is 31.2. The van der Waals surface area contributed by atoms with Crippen LogP contribution in [0.2, 0.25) is 0 Å². The minimum absolute atomic E-state index is 0.169. The molecular formula is C37H77O4P. The summed E-state index contributed by atoms with van der Waals surface area (Å²) in [5.74, 6) is 0. The van der Waals surface area contributed by atoms with Gasteiger partial charge in [-0.05, 0) is 37.5 Å². The first-order valence-corrected chi connectivity index (χ1v) is 20.6. The minimum atomic E-state index is -4.30. The summed E-state index contributed by atoms with van der Waals surface area (Å²) in [7, 11) is -4.30. The summed E-state index contributed by atoms with van der Waals surface area (Å²) in [6, 6.07) is 0. The van der Waals surface area contributed by atoms with Crippen LogP contribution in [0, 0.1) is 5.41 Å². The summed E-state index contributed by atoms with van der Waals surface area (Å²) in [4.78, 5) is 17.6. The second kappa shape index (κ2) is 31.1. The maximum atomic E-state index is 10.8. The lowest BCUT2D eigenvalue weighted by Crippen LogP contribution is -2.21. The van der Waals surface area contributed by atoms with Crippen molar-refractivity contribution >= 4 is 7.82 Å². The molecule has 0 fully saturated rings. The predicted octanol–water partition coefficient (Wildman–Crippen LogP) is 13.6. The Morgan fingerprint density at radius 1 is 0.405 bits per heavy atom. The fraction of sp³-hybridized carbons (Fsp3) is 1.00. The normalized spacial score (nSPS) is 12.4. The van der Waals surface area contributed by atoms with Gasteiger partial charge in [0.1, 0.15) is 0 Å². The summed E-state index contributed by atoms with van der Waals surface area (Å²) in [6.07, 6.45) is 43.7. The Labute approximate surface area is 264 Å². The van der Waals surface area contributed by atoms with Crippen molar-refractivity contribution in [2.75, 3.05) is 6.61 Å². The van der Waals surface area contributed by atoms with Crippen LogP contribution in [0.5, 0.6) is 0 Å². The van der Waals surface area contributed by atoms with E-state index in [4.69, 9.17) is 9.79 Å². The maximum Gasteiger partial charge on any atom is 0.469 e. The van der Waals surface area contributed by atoms with Crippen molar-refractivity contribution in [3.05, 3.63) is 0 Å². The van der Waals surface area contributed by atoms with Crippen molar-refractivity contribution in [1.29, 1.82) is 0 Å². The van der Waals surface area contributed by atoms with E-state index in [-0.39, 0.29) is 6.61 Å². The molecular weight excluding hydrogens is 539 g/mol. The number of hydrogen-bond acceptors (Lipinski definition) is 2. The molecule has 0 amide bonds. The average Bonchev–Trinajstić information content (AvgIpc) is 2.96. The number of phosphoric acid groups is 1. The molecule has 0 saturated carbocycles. The first-order valence-electron chi connectivity index (χ1n) is 19.1. The highest BCUT2D eigenvalue weighted by atomic mass is 31.2. The van der Waals surface area contributed by atoms with Crippen molar-refractivity contribution in [3.8, 4) is 0 Å². The van der Waals surface area contributed by atoms with Crippen LogP contribution >= 0.6 is 7.82 Å². The van der Waals surface area contributed by atoms with Gasteiger partial charge < -0.3 is 9.79 Å². The summed E-state index contributed by atoms with van der Waals surface area (Å²) >= 11 is 0. The van der Waals surface area contributed by atoms with E-state index in [9.17, 15) is 4.57 Å². The molecule has 0 spiro atoms. The highest BCUT2D eigenvalue weighted by molar-refractivity contribution is 7.46. The molecule has 0 atom stereocenters. The molecule has 0 aromatic heterocycles. The molecule has 254 valence electrons. The largest absolute Gasteiger partial charge is 0.469 e. The van der Waals surface area contributed by atoms with Gasteiger partial charge in [-0.2, -0.15) is 0 Å². The summed E-state index contributed by atoms with van der Waals surface area (Å²) in [6.45, 7) is 7.11. The highest BCUT2D eigenvalue weighted by Crippen LogP contribution is 2.42. The van der Waals surface area contributed by atoms with Crippen LogP contribution in [0.25, 0.3) is 0 Å². The van der Waals surface area contributed by atoms with E-state index in [0.717, 1.165) is 19.3 Å². The van der Waals surface area contributed by atoms with Gasteiger partial charge in [0.05, 0.1) is 6.61 Å². The number of rotatable bonds is 35. The topological polar surface area (TPSA) is 66.8 Å². The smallest absolute Gasteiger partial charge is 0.303 e. The molecule has 0 unspecified atom stereocenters. The van der Waals surface area contributed by atoms with Gasteiger partial charge in [-0.15, -0.1) is 0 Å². The van der Waals surface area contributed by atoms with E-state index in [1.807, 2.05) is 0 Å². The molecule has 5 heteroatoms. The van der Waals surface area contributed by atoms with Crippen LogP contribution in [0.1, 0.15) is 226 Å². The Hall–Kier alpha value is 0.110. The third-order valence-electron chi connectivity index (χ3n) is 9.54. The van der Waals surface area contributed by atoms with Gasteiger partial charge in [0, 0.05) is 0 Å². The van der Waals surface area contributed by atoms with Gasteiger partial charge in [-0.25, -0.2) is 4.57 Å². The van der Waals surface area contributed by atoms with Crippen molar-refractivity contribution in [1.82, 2.24) is 0 Å². The molecule has 4 nitrogen and oxygen atoms in total. The van der Waals surface area contributed by atoms with Gasteiger partial charge in [-0.1, -0.05) is 194 Å². The lowest BCUT2D eigenvalue weighted by Gasteiger charge is -2.35.